The first-order valence-corrected chi connectivity index (χ1v) is 6.40. The molecule has 0 unspecified atom stereocenters. The molecule has 84 valence electrons. The minimum atomic E-state index is 0.893. The van der Waals surface area contributed by atoms with Crippen molar-refractivity contribution in [3.8, 4) is 5.75 Å². The Labute approximate surface area is 100 Å². The van der Waals surface area contributed by atoms with Crippen LogP contribution in [0.25, 0.3) is 5.57 Å². The number of thioether (sulfide) groups is 1. The maximum Gasteiger partial charge on any atom is 0.118 e. The van der Waals surface area contributed by atoms with E-state index in [9.17, 15) is 0 Å². The van der Waals surface area contributed by atoms with Gasteiger partial charge >= 0.3 is 0 Å². The van der Waals surface area contributed by atoms with Gasteiger partial charge in [-0.15, -0.1) is 11.8 Å². The number of methoxy groups -OCH3 is 1. The number of benzene rings is 1. The Morgan fingerprint density at radius 2 is 1.94 bits per heavy atom. The summed E-state index contributed by atoms with van der Waals surface area (Å²) >= 11 is 1.81. The van der Waals surface area contributed by atoms with Gasteiger partial charge in [0.1, 0.15) is 5.75 Å². The van der Waals surface area contributed by atoms with Crippen molar-refractivity contribution >= 4 is 23.0 Å². The van der Waals surface area contributed by atoms with E-state index < -0.39 is 0 Å². The Morgan fingerprint density at radius 3 is 2.44 bits per heavy atom. The first kappa shape index (κ1) is 11.3. The van der Waals surface area contributed by atoms with Gasteiger partial charge in [-0.1, -0.05) is 12.1 Å². The molecule has 0 radical (unpaired) electrons. The number of ether oxygens (including phenoxy) is 1. The Morgan fingerprint density at radius 1 is 1.25 bits per heavy atom. The van der Waals surface area contributed by atoms with Gasteiger partial charge in [0.05, 0.1) is 7.11 Å². The number of hydrogen-bond acceptors (Lipinski definition) is 3. The summed E-state index contributed by atoms with van der Waals surface area (Å²) in [6.45, 7) is 0. The molecule has 0 aliphatic heterocycles. The van der Waals surface area contributed by atoms with Gasteiger partial charge in [-0.25, -0.2) is 0 Å². The SMILES string of the molecule is CN=C1CC(SC)=C1c1ccc(OC)cc1. The molecule has 0 saturated heterocycles. The van der Waals surface area contributed by atoms with Gasteiger partial charge in [-0.3, -0.25) is 4.99 Å². The van der Waals surface area contributed by atoms with Gasteiger partial charge in [0, 0.05) is 29.7 Å². The Hall–Kier alpha value is -1.22. The van der Waals surface area contributed by atoms with E-state index in [1.54, 1.807) is 7.11 Å². The molecule has 0 fully saturated rings. The van der Waals surface area contributed by atoms with Crippen LogP contribution >= 0.6 is 11.8 Å². The van der Waals surface area contributed by atoms with Crippen LogP contribution in [-0.4, -0.2) is 26.1 Å². The van der Waals surface area contributed by atoms with Gasteiger partial charge in [0.15, 0.2) is 0 Å². The lowest BCUT2D eigenvalue weighted by atomic mass is 9.89. The minimum Gasteiger partial charge on any atom is -0.497 e. The third kappa shape index (κ3) is 1.87. The highest BCUT2D eigenvalue weighted by Crippen LogP contribution is 2.39. The number of rotatable bonds is 3. The number of hydrogen-bond donors (Lipinski definition) is 0. The molecular weight excluding hydrogens is 218 g/mol. The molecule has 0 atom stereocenters. The van der Waals surface area contributed by atoms with E-state index in [0.717, 1.165) is 12.2 Å². The zero-order valence-corrected chi connectivity index (χ0v) is 10.6. The van der Waals surface area contributed by atoms with Crippen molar-refractivity contribution in [2.45, 2.75) is 6.42 Å². The molecule has 0 bridgehead atoms. The lowest BCUT2D eigenvalue weighted by Gasteiger charge is -2.25. The van der Waals surface area contributed by atoms with Crippen LogP contribution in [0.3, 0.4) is 0 Å². The van der Waals surface area contributed by atoms with Crippen molar-refractivity contribution in [1.29, 1.82) is 0 Å². The molecule has 0 amide bonds. The lowest BCUT2D eigenvalue weighted by Crippen LogP contribution is -2.15. The van der Waals surface area contributed by atoms with Crippen LogP contribution in [0.5, 0.6) is 5.75 Å². The predicted molar refractivity (Wildman–Crippen MR) is 71.4 cm³/mol. The molecule has 0 N–H and O–H groups in total. The summed E-state index contributed by atoms with van der Waals surface area (Å²) in [5.74, 6) is 0.893. The van der Waals surface area contributed by atoms with Crippen LogP contribution in [0.1, 0.15) is 12.0 Å². The summed E-state index contributed by atoms with van der Waals surface area (Å²) in [5.41, 5.74) is 3.74. The van der Waals surface area contributed by atoms with Crippen LogP contribution in [0, 0.1) is 0 Å². The Kier molecular flexibility index (Phi) is 3.34. The molecule has 1 aromatic rings. The second-order valence-corrected chi connectivity index (χ2v) is 4.48. The van der Waals surface area contributed by atoms with E-state index in [0.29, 0.717) is 0 Å². The van der Waals surface area contributed by atoms with Crippen LogP contribution in [0.2, 0.25) is 0 Å². The topological polar surface area (TPSA) is 21.6 Å². The zero-order valence-electron chi connectivity index (χ0n) is 9.78. The molecule has 1 aliphatic carbocycles. The first-order chi connectivity index (χ1) is 7.80. The second kappa shape index (κ2) is 4.74. The molecule has 0 saturated carbocycles. The first-order valence-electron chi connectivity index (χ1n) is 5.17. The largest absolute Gasteiger partial charge is 0.497 e. The van der Waals surface area contributed by atoms with Crippen molar-refractivity contribution in [2.24, 2.45) is 4.99 Å². The van der Waals surface area contributed by atoms with Crippen LogP contribution < -0.4 is 4.74 Å². The molecule has 1 aromatic carbocycles. The van der Waals surface area contributed by atoms with Gasteiger partial charge < -0.3 is 4.74 Å². The van der Waals surface area contributed by atoms with E-state index >= 15 is 0 Å². The fourth-order valence-electron chi connectivity index (χ4n) is 1.83. The van der Waals surface area contributed by atoms with Gasteiger partial charge in [0.2, 0.25) is 0 Å². The van der Waals surface area contributed by atoms with E-state index in [2.05, 4.69) is 23.4 Å². The molecular formula is C13H15NOS. The van der Waals surface area contributed by atoms with Gasteiger partial charge in [-0.2, -0.15) is 0 Å². The lowest BCUT2D eigenvalue weighted by molar-refractivity contribution is 0.415. The summed E-state index contributed by atoms with van der Waals surface area (Å²) in [5, 5.41) is 0. The molecule has 0 spiro atoms. The number of aliphatic imine (C=N–C) groups is 1. The van der Waals surface area contributed by atoms with Crippen molar-refractivity contribution in [1.82, 2.24) is 0 Å². The third-order valence-corrected chi connectivity index (χ3v) is 3.63. The molecule has 2 rings (SSSR count). The van der Waals surface area contributed by atoms with E-state index in [1.165, 1.54) is 21.8 Å². The van der Waals surface area contributed by atoms with Crippen molar-refractivity contribution in [2.75, 3.05) is 20.4 Å². The molecule has 3 heteroatoms. The summed E-state index contributed by atoms with van der Waals surface area (Å²) in [4.78, 5) is 5.73. The smallest absolute Gasteiger partial charge is 0.118 e. The number of allylic oxidation sites excluding steroid dienone is 2. The Bertz CT molecular complexity index is 446. The highest BCUT2D eigenvalue weighted by Gasteiger charge is 2.24. The fraction of sp³-hybridized carbons (Fsp3) is 0.308. The molecule has 16 heavy (non-hydrogen) atoms. The maximum absolute atomic E-state index is 5.16. The van der Waals surface area contributed by atoms with Crippen LogP contribution in [0.4, 0.5) is 0 Å². The summed E-state index contributed by atoms with van der Waals surface area (Å²) in [7, 11) is 3.54. The summed E-state index contributed by atoms with van der Waals surface area (Å²) in [6, 6.07) is 8.17. The van der Waals surface area contributed by atoms with E-state index in [1.807, 2.05) is 30.9 Å². The van der Waals surface area contributed by atoms with E-state index in [-0.39, 0.29) is 0 Å². The minimum absolute atomic E-state index is 0.893. The maximum atomic E-state index is 5.16. The monoisotopic (exact) mass is 233 g/mol. The van der Waals surface area contributed by atoms with Gasteiger partial charge in [0.25, 0.3) is 0 Å². The van der Waals surface area contributed by atoms with Gasteiger partial charge in [-0.05, 0) is 24.0 Å². The summed E-state index contributed by atoms with van der Waals surface area (Å²) in [6.07, 6.45) is 3.13. The highest BCUT2D eigenvalue weighted by atomic mass is 32.2. The Balaban J connectivity index is 2.36. The molecule has 1 aliphatic rings. The third-order valence-electron chi connectivity index (χ3n) is 2.79. The second-order valence-electron chi connectivity index (χ2n) is 3.58. The molecule has 0 heterocycles. The van der Waals surface area contributed by atoms with Crippen LogP contribution in [0.15, 0.2) is 34.2 Å². The van der Waals surface area contributed by atoms with Crippen LogP contribution in [-0.2, 0) is 0 Å². The summed E-state index contributed by atoms with van der Waals surface area (Å²) < 4.78 is 5.16. The average Bonchev–Trinajstić information content (AvgIpc) is 2.30. The highest BCUT2D eigenvalue weighted by molar-refractivity contribution is 8.02. The van der Waals surface area contributed by atoms with E-state index in [4.69, 9.17) is 4.74 Å². The standard InChI is InChI=1S/C13H15NOS/c1-14-11-8-12(16-3)13(11)9-4-6-10(15-2)7-5-9/h4-7H,8H2,1-3H3. The quantitative estimate of drug-likeness (QED) is 0.799. The van der Waals surface area contributed by atoms with Crippen molar-refractivity contribution < 1.29 is 4.74 Å². The van der Waals surface area contributed by atoms with Crippen molar-refractivity contribution in [3.63, 3.8) is 0 Å². The van der Waals surface area contributed by atoms with Crippen molar-refractivity contribution in [3.05, 3.63) is 34.7 Å². The predicted octanol–water partition coefficient (Wildman–Crippen LogP) is 3.24. The zero-order chi connectivity index (χ0) is 11.5. The fourth-order valence-corrected chi connectivity index (χ4v) is 2.55. The molecule has 0 aromatic heterocycles. The number of nitrogens with zero attached hydrogens (tertiary/aromatic N) is 1. The average molecular weight is 233 g/mol. The normalized spacial score (nSPS) is 17.6. The molecule has 2 nitrogen and oxygen atoms in total.